The number of rotatable bonds is 3. The zero-order valence-electron chi connectivity index (χ0n) is 14.2. The number of carbonyl (C=O) groups excluding carboxylic acids is 1. The van der Waals surface area contributed by atoms with Crippen LogP contribution in [0.15, 0.2) is 39.7 Å². The highest BCUT2D eigenvalue weighted by atomic mass is 35.5. The minimum Gasteiger partial charge on any atom is -0.457 e. The van der Waals surface area contributed by atoms with Gasteiger partial charge in [-0.1, -0.05) is 47.2 Å². The maximum atomic E-state index is 12.8. The van der Waals surface area contributed by atoms with Crippen LogP contribution >= 0.6 is 47.2 Å². The van der Waals surface area contributed by atoms with E-state index in [2.05, 4.69) is 0 Å². The third kappa shape index (κ3) is 3.89. The number of thiocarbonyl (C=S) groups is 1. The highest BCUT2D eigenvalue weighted by Crippen LogP contribution is 2.37. The molecule has 2 saturated heterocycles. The van der Waals surface area contributed by atoms with Crippen molar-refractivity contribution in [1.29, 1.82) is 0 Å². The lowest BCUT2D eigenvalue weighted by molar-refractivity contribution is -0.123. The van der Waals surface area contributed by atoms with Gasteiger partial charge in [0, 0.05) is 16.7 Å². The molecule has 4 rings (SSSR count). The summed E-state index contributed by atoms with van der Waals surface area (Å²) in [5.74, 6) is 0.759. The Kier molecular flexibility index (Phi) is 5.35. The summed E-state index contributed by atoms with van der Waals surface area (Å²) in [4.78, 5) is 14.6. The molecule has 28 heavy (non-hydrogen) atoms. The predicted octanol–water partition coefficient (Wildman–Crippen LogP) is 4.64. The minimum atomic E-state index is -3.11. The van der Waals surface area contributed by atoms with E-state index in [4.69, 9.17) is 39.8 Å². The maximum Gasteiger partial charge on any atom is 0.266 e. The van der Waals surface area contributed by atoms with E-state index in [1.807, 2.05) is 0 Å². The average Bonchev–Trinajstić information content (AvgIpc) is 3.27. The molecule has 2 aliphatic rings. The van der Waals surface area contributed by atoms with Gasteiger partial charge in [-0.05, 0) is 36.8 Å². The molecule has 0 radical (unpaired) electrons. The van der Waals surface area contributed by atoms with Crippen molar-refractivity contribution in [1.82, 2.24) is 4.90 Å². The molecule has 0 aliphatic carbocycles. The van der Waals surface area contributed by atoms with Gasteiger partial charge in [-0.3, -0.25) is 9.69 Å². The Hall–Kier alpha value is -1.32. The van der Waals surface area contributed by atoms with Crippen LogP contribution in [0, 0.1) is 0 Å². The predicted molar refractivity (Wildman–Crippen MR) is 116 cm³/mol. The molecule has 2 fully saturated rings. The van der Waals surface area contributed by atoms with Gasteiger partial charge in [0.25, 0.3) is 5.91 Å². The summed E-state index contributed by atoms with van der Waals surface area (Å²) in [6.07, 6.45) is 2.01. The molecule has 1 aromatic heterocycles. The highest BCUT2D eigenvalue weighted by molar-refractivity contribution is 8.26. The first-order chi connectivity index (χ1) is 13.2. The molecule has 1 unspecified atom stereocenters. The van der Waals surface area contributed by atoms with Gasteiger partial charge in [0.2, 0.25) is 0 Å². The molecule has 1 aromatic carbocycles. The summed E-state index contributed by atoms with van der Waals surface area (Å²) in [5, 5.41) is 0.986. The molecule has 5 nitrogen and oxygen atoms in total. The topological polar surface area (TPSA) is 67.6 Å². The number of halogens is 2. The van der Waals surface area contributed by atoms with E-state index in [0.29, 0.717) is 42.8 Å². The van der Waals surface area contributed by atoms with Crippen LogP contribution in [-0.2, 0) is 14.6 Å². The quantitative estimate of drug-likeness (QED) is 0.477. The number of hydrogen-bond acceptors (Lipinski definition) is 6. The molecule has 0 bridgehead atoms. The van der Waals surface area contributed by atoms with Gasteiger partial charge in [-0.15, -0.1) is 0 Å². The number of furan rings is 1. The molecule has 146 valence electrons. The van der Waals surface area contributed by atoms with Gasteiger partial charge < -0.3 is 4.42 Å². The summed E-state index contributed by atoms with van der Waals surface area (Å²) in [7, 11) is -3.11. The Morgan fingerprint density at radius 1 is 1.25 bits per heavy atom. The van der Waals surface area contributed by atoms with Crippen LogP contribution in [0.5, 0.6) is 0 Å². The molecular formula is C18H13Cl2NO4S3. The summed E-state index contributed by atoms with van der Waals surface area (Å²) in [6.45, 7) is 0. The first-order valence-corrected chi connectivity index (χ1v) is 12.1. The third-order valence-corrected chi connectivity index (χ3v) is 8.12. The number of nitrogens with zero attached hydrogens (tertiary/aromatic N) is 1. The Morgan fingerprint density at radius 2 is 2.04 bits per heavy atom. The van der Waals surface area contributed by atoms with E-state index in [0.717, 1.165) is 11.8 Å². The minimum absolute atomic E-state index is 0.0489. The largest absolute Gasteiger partial charge is 0.457 e. The Balaban J connectivity index is 1.58. The van der Waals surface area contributed by atoms with Crippen LogP contribution in [0.3, 0.4) is 0 Å². The second-order valence-electron chi connectivity index (χ2n) is 6.43. The van der Waals surface area contributed by atoms with E-state index >= 15 is 0 Å². The molecule has 0 saturated carbocycles. The zero-order chi connectivity index (χ0) is 20.1. The standard InChI is InChI=1S/C18H13Cl2NO4S3/c19-10-1-3-13(14(20)7-10)15-4-2-12(25-15)8-16-17(22)21(18(26)27-16)11-5-6-28(23,24)9-11/h1-4,7-8,11H,5-6,9H2/b16-8+. The van der Waals surface area contributed by atoms with E-state index < -0.39 is 15.9 Å². The lowest BCUT2D eigenvalue weighted by Crippen LogP contribution is -2.39. The smallest absolute Gasteiger partial charge is 0.266 e. The van der Waals surface area contributed by atoms with Gasteiger partial charge in [0.05, 0.1) is 27.5 Å². The molecule has 0 N–H and O–H groups in total. The molecule has 3 heterocycles. The third-order valence-electron chi connectivity index (χ3n) is 4.49. The van der Waals surface area contributed by atoms with E-state index in [9.17, 15) is 13.2 Å². The van der Waals surface area contributed by atoms with E-state index in [1.54, 1.807) is 36.4 Å². The second-order valence-corrected chi connectivity index (χ2v) is 11.2. The Morgan fingerprint density at radius 3 is 2.71 bits per heavy atom. The fourth-order valence-electron chi connectivity index (χ4n) is 3.17. The summed E-state index contributed by atoms with van der Waals surface area (Å²) < 4.78 is 29.6. The van der Waals surface area contributed by atoms with Crippen molar-refractivity contribution in [3.05, 3.63) is 51.0 Å². The zero-order valence-corrected chi connectivity index (χ0v) is 18.2. The lowest BCUT2D eigenvalue weighted by Gasteiger charge is -2.20. The lowest BCUT2D eigenvalue weighted by atomic mass is 10.2. The van der Waals surface area contributed by atoms with Crippen LogP contribution in [0.25, 0.3) is 17.4 Å². The fourth-order valence-corrected chi connectivity index (χ4v) is 6.75. The van der Waals surface area contributed by atoms with E-state index in [1.165, 1.54) is 4.90 Å². The summed E-state index contributed by atoms with van der Waals surface area (Å²) in [6, 6.07) is 8.18. The first kappa shape index (κ1) is 20.0. The fraction of sp³-hybridized carbons (Fsp3) is 0.222. The summed E-state index contributed by atoms with van der Waals surface area (Å²) in [5.41, 5.74) is 0.689. The first-order valence-electron chi connectivity index (χ1n) is 8.26. The molecular weight excluding hydrogens is 461 g/mol. The van der Waals surface area contributed by atoms with Crippen molar-refractivity contribution in [3.63, 3.8) is 0 Å². The molecule has 1 amide bonds. The van der Waals surface area contributed by atoms with Crippen LogP contribution in [0.1, 0.15) is 12.2 Å². The maximum absolute atomic E-state index is 12.8. The molecule has 1 atom stereocenters. The van der Waals surface area contributed by atoms with Gasteiger partial charge in [0.15, 0.2) is 9.84 Å². The number of sulfone groups is 1. The average molecular weight is 474 g/mol. The van der Waals surface area contributed by atoms with Gasteiger partial charge >= 0.3 is 0 Å². The number of carbonyl (C=O) groups is 1. The Bertz CT molecular complexity index is 1120. The molecule has 0 spiro atoms. The van der Waals surface area contributed by atoms with Crippen molar-refractivity contribution in [2.75, 3.05) is 11.5 Å². The van der Waals surface area contributed by atoms with Gasteiger partial charge in [-0.2, -0.15) is 0 Å². The van der Waals surface area contributed by atoms with Crippen molar-refractivity contribution in [2.24, 2.45) is 0 Å². The van der Waals surface area contributed by atoms with Crippen LogP contribution < -0.4 is 0 Å². The van der Waals surface area contributed by atoms with Gasteiger partial charge in [0.1, 0.15) is 15.8 Å². The number of amides is 1. The van der Waals surface area contributed by atoms with Crippen LogP contribution in [0.4, 0.5) is 0 Å². The van der Waals surface area contributed by atoms with Crippen molar-refractivity contribution >= 4 is 73.3 Å². The summed E-state index contributed by atoms with van der Waals surface area (Å²) >= 11 is 18.6. The van der Waals surface area contributed by atoms with Crippen molar-refractivity contribution < 1.29 is 17.6 Å². The van der Waals surface area contributed by atoms with Crippen LogP contribution in [-0.4, -0.2) is 41.1 Å². The Labute approximate surface area is 181 Å². The number of thioether (sulfide) groups is 1. The monoisotopic (exact) mass is 473 g/mol. The highest BCUT2D eigenvalue weighted by Gasteiger charge is 2.42. The number of hydrogen-bond donors (Lipinski definition) is 0. The van der Waals surface area contributed by atoms with Gasteiger partial charge in [-0.25, -0.2) is 8.42 Å². The van der Waals surface area contributed by atoms with Crippen molar-refractivity contribution in [2.45, 2.75) is 12.5 Å². The normalized spacial score (nSPS) is 23.1. The molecule has 2 aromatic rings. The SMILES string of the molecule is O=C1/C(=C\c2ccc(-c3ccc(Cl)cc3Cl)o2)SC(=S)N1C1CCS(=O)(=O)C1. The number of benzene rings is 1. The molecule has 10 heteroatoms. The van der Waals surface area contributed by atoms with Crippen molar-refractivity contribution in [3.8, 4) is 11.3 Å². The van der Waals surface area contributed by atoms with Crippen LogP contribution in [0.2, 0.25) is 10.0 Å². The van der Waals surface area contributed by atoms with E-state index in [-0.39, 0.29) is 17.4 Å². The second kappa shape index (κ2) is 7.50. The molecule has 2 aliphatic heterocycles.